The Hall–Kier alpha value is -2.18. The molecule has 0 radical (unpaired) electrons. The summed E-state index contributed by atoms with van der Waals surface area (Å²) in [7, 11) is 0. The first-order chi connectivity index (χ1) is 9.06. The molecule has 0 saturated heterocycles. The number of hydrogen-bond donors (Lipinski definition) is 3. The normalized spacial score (nSPS) is 10.3. The summed E-state index contributed by atoms with van der Waals surface area (Å²) in [4.78, 5) is 21.9. The van der Waals surface area contributed by atoms with Crippen LogP contribution in [0.5, 0.6) is 0 Å². The number of hydrogen-bond acceptors (Lipinski definition) is 2. The lowest BCUT2D eigenvalue weighted by atomic mass is 10.1. The highest BCUT2D eigenvalue weighted by Gasteiger charge is 2.11. The van der Waals surface area contributed by atoms with Crippen molar-refractivity contribution in [3.63, 3.8) is 0 Å². The van der Waals surface area contributed by atoms with Gasteiger partial charge in [0.1, 0.15) is 13.3 Å². The van der Waals surface area contributed by atoms with Crippen LogP contribution in [-0.2, 0) is 6.54 Å². The molecule has 0 atom stereocenters. The molecule has 3 N–H and O–H groups in total. The first kappa shape index (κ1) is 14.9. The van der Waals surface area contributed by atoms with Crippen molar-refractivity contribution in [2.24, 2.45) is 0 Å². The van der Waals surface area contributed by atoms with E-state index in [9.17, 15) is 18.4 Å². The molecular weight excluding hydrogens is 258 g/mol. The number of carbonyl (C=O) groups excluding carboxylic acids is 1. The summed E-state index contributed by atoms with van der Waals surface area (Å²) in [6.07, 6.45) is 0. The zero-order chi connectivity index (χ0) is 14.3. The first-order valence-electron chi connectivity index (χ1n) is 5.55. The van der Waals surface area contributed by atoms with Crippen LogP contribution in [0.3, 0.4) is 0 Å². The molecule has 1 aromatic carbocycles. The molecule has 5 nitrogen and oxygen atoms in total. The summed E-state index contributed by atoms with van der Waals surface area (Å²) in [6, 6.07) is 4.08. The summed E-state index contributed by atoms with van der Waals surface area (Å²) in [5.74, 6) is -1.04. The maximum atomic E-state index is 12.2. The highest BCUT2D eigenvalue weighted by Crippen LogP contribution is 2.04. The molecule has 0 spiro atoms. The van der Waals surface area contributed by atoms with Gasteiger partial charge < -0.3 is 15.7 Å². The number of amides is 2. The maximum absolute atomic E-state index is 12.2. The highest BCUT2D eigenvalue weighted by atomic mass is 19.1. The zero-order valence-corrected chi connectivity index (χ0v) is 10.0. The predicted molar refractivity (Wildman–Crippen MR) is 64.5 cm³/mol. The van der Waals surface area contributed by atoms with Crippen molar-refractivity contribution in [1.29, 1.82) is 0 Å². The van der Waals surface area contributed by atoms with Crippen LogP contribution in [0.1, 0.15) is 15.9 Å². The molecule has 1 rings (SSSR count). The Kier molecular flexibility index (Phi) is 5.72. The molecule has 19 heavy (non-hydrogen) atoms. The van der Waals surface area contributed by atoms with Gasteiger partial charge in [-0.05, 0) is 17.7 Å². The smallest absolute Gasteiger partial charge is 0.335 e. The van der Waals surface area contributed by atoms with Crippen LogP contribution >= 0.6 is 0 Å². The molecule has 0 aromatic heterocycles. The molecule has 0 unspecified atom stereocenters. The summed E-state index contributed by atoms with van der Waals surface area (Å²) in [5.41, 5.74) is 0.820. The third-order valence-electron chi connectivity index (χ3n) is 2.36. The summed E-state index contributed by atoms with van der Waals surface area (Å²) in [6.45, 7) is -1.81. The lowest BCUT2D eigenvalue weighted by molar-refractivity contribution is 0.0697. The van der Waals surface area contributed by atoms with Crippen LogP contribution in [0.15, 0.2) is 24.3 Å². The minimum atomic E-state index is -1.14. The standard InChI is InChI=1S/C12H14F2N2O3/c13-5-10(6-14)16-12(19)15-7-8-1-3-9(4-2-8)11(17)18/h1-4,10H,5-7H2,(H,17,18)(H2,15,16,19). The number of carbonyl (C=O) groups is 2. The molecule has 0 saturated carbocycles. The van der Waals surface area contributed by atoms with Crippen molar-refractivity contribution in [1.82, 2.24) is 10.6 Å². The molecule has 0 aliphatic rings. The lowest BCUT2D eigenvalue weighted by Crippen LogP contribution is -2.43. The first-order valence-corrected chi connectivity index (χ1v) is 5.55. The number of rotatable bonds is 6. The Labute approximate surface area is 108 Å². The van der Waals surface area contributed by atoms with Gasteiger partial charge in [0.2, 0.25) is 0 Å². The van der Waals surface area contributed by atoms with Crippen molar-refractivity contribution < 1.29 is 23.5 Å². The van der Waals surface area contributed by atoms with Crippen LogP contribution < -0.4 is 10.6 Å². The molecule has 7 heteroatoms. The minimum absolute atomic E-state index is 0.136. The Morgan fingerprint density at radius 2 is 1.74 bits per heavy atom. The number of aromatic carboxylic acids is 1. The minimum Gasteiger partial charge on any atom is -0.478 e. The van der Waals surface area contributed by atoms with Crippen molar-refractivity contribution in [2.45, 2.75) is 12.6 Å². The van der Waals surface area contributed by atoms with E-state index >= 15 is 0 Å². The topological polar surface area (TPSA) is 78.4 Å². The van der Waals surface area contributed by atoms with Gasteiger partial charge in [0.05, 0.1) is 11.6 Å². The molecule has 2 amide bonds. The van der Waals surface area contributed by atoms with Crippen LogP contribution in [0.4, 0.5) is 13.6 Å². The van der Waals surface area contributed by atoms with E-state index in [1.807, 2.05) is 0 Å². The van der Waals surface area contributed by atoms with Crippen molar-refractivity contribution in [3.05, 3.63) is 35.4 Å². The van der Waals surface area contributed by atoms with Gasteiger partial charge in [-0.25, -0.2) is 18.4 Å². The Morgan fingerprint density at radius 1 is 1.16 bits per heavy atom. The van der Waals surface area contributed by atoms with E-state index in [4.69, 9.17) is 5.11 Å². The molecule has 1 aromatic rings. The van der Waals surface area contributed by atoms with Gasteiger partial charge >= 0.3 is 12.0 Å². The summed E-state index contributed by atoms with van der Waals surface area (Å²) < 4.78 is 24.3. The van der Waals surface area contributed by atoms with Gasteiger partial charge in [-0.15, -0.1) is 0 Å². The summed E-state index contributed by atoms with van der Waals surface area (Å²) >= 11 is 0. The van der Waals surface area contributed by atoms with Crippen LogP contribution in [-0.4, -0.2) is 36.5 Å². The average molecular weight is 272 g/mol. The molecule has 104 valence electrons. The van der Waals surface area contributed by atoms with Gasteiger partial charge in [0.25, 0.3) is 0 Å². The van der Waals surface area contributed by atoms with Crippen LogP contribution in [0.2, 0.25) is 0 Å². The van der Waals surface area contributed by atoms with Gasteiger partial charge in [0.15, 0.2) is 0 Å². The Balaban J connectivity index is 2.43. The van der Waals surface area contributed by atoms with Crippen LogP contribution in [0.25, 0.3) is 0 Å². The van der Waals surface area contributed by atoms with Gasteiger partial charge in [0, 0.05) is 6.54 Å². The number of benzene rings is 1. The second-order valence-electron chi connectivity index (χ2n) is 3.83. The van der Waals surface area contributed by atoms with Crippen molar-refractivity contribution >= 4 is 12.0 Å². The fraction of sp³-hybridized carbons (Fsp3) is 0.333. The van der Waals surface area contributed by atoms with Crippen molar-refractivity contribution in [2.75, 3.05) is 13.3 Å². The molecular formula is C12H14F2N2O3. The predicted octanol–water partition coefficient (Wildman–Crippen LogP) is 1.49. The number of alkyl halides is 2. The number of urea groups is 1. The molecule has 0 heterocycles. The molecule has 0 fully saturated rings. The summed E-state index contributed by atoms with van der Waals surface area (Å²) in [5, 5.41) is 13.2. The number of nitrogens with one attached hydrogen (secondary N) is 2. The molecule has 0 bridgehead atoms. The third kappa shape index (κ3) is 4.90. The van der Waals surface area contributed by atoms with E-state index in [1.54, 1.807) is 12.1 Å². The number of halogens is 2. The fourth-order valence-electron chi connectivity index (χ4n) is 1.30. The quantitative estimate of drug-likeness (QED) is 0.734. The maximum Gasteiger partial charge on any atom is 0.335 e. The number of carboxylic acid groups (broad SMARTS) is 1. The van der Waals surface area contributed by atoms with Crippen molar-refractivity contribution in [3.8, 4) is 0 Å². The van der Waals surface area contributed by atoms with E-state index in [2.05, 4.69) is 10.6 Å². The van der Waals surface area contributed by atoms with Gasteiger partial charge in [-0.2, -0.15) is 0 Å². The van der Waals surface area contributed by atoms with E-state index in [0.717, 1.165) is 0 Å². The zero-order valence-electron chi connectivity index (χ0n) is 10.0. The molecule has 0 aliphatic heterocycles. The van der Waals surface area contributed by atoms with E-state index in [-0.39, 0.29) is 12.1 Å². The largest absolute Gasteiger partial charge is 0.478 e. The Bertz CT molecular complexity index is 433. The van der Waals surface area contributed by atoms with E-state index < -0.39 is 31.4 Å². The third-order valence-corrected chi connectivity index (χ3v) is 2.36. The van der Waals surface area contributed by atoms with E-state index in [0.29, 0.717) is 5.56 Å². The highest BCUT2D eigenvalue weighted by molar-refractivity contribution is 5.87. The monoisotopic (exact) mass is 272 g/mol. The second kappa shape index (κ2) is 7.30. The van der Waals surface area contributed by atoms with Gasteiger partial charge in [-0.1, -0.05) is 12.1 Å². The Morgan fingerprint density at radius 3 is 2.21 bits per heavy atom. The lowest BCUT2D eigenvalue weighted by Gasteiger charge is -2.12. The van der Waals surface area contributed by atoms with Gasteiger partial charge in [-0.3, -0.25) is 0 Å². The average Bonchev–Trinajstić information content (AvgIpc) is 2.43. The molecule has 0 aliphatic carbocycles. The van der Waals surface area contributed by atoms with E-state index in [1.165, 1.54) is 12.1 Å². The number of carboxylic acids is 1. The second-order valence-corrected chi connectivity index (χ2v) is 3.83. The fourth-order valence-corrected chi connectivity index (χ4v) is 1.30. The van der Waals surface area contributed by atoms with Crippen LogP contribution in [0, 0.1) is 0 Å². The SMILES string of the molecule is O=C(NCc1ccc(C(=O)O)cc1)NC(CF)CF.